The first-order chi connectivity index (χ1) is 10.2. The second-order valence-electron chi connectivity index (χ2n) is 4.32. The predicted octanol–water partition coefficient (Wildman–Crippen LogP) is 4.46. The maximum Gasteiger partial charge on any atom is 0.244 e. The van der Waals surface area contributed by atoms with Crippen LogP contribution in [-0.4, -0.2) is 18.2 Å². The van der Waals surface area contributed by atoms with E-state index < -0.39 is 0 Å². The molecule has 1 aromatic heterocycles. The summed E-state index contributed by atoms with van der Waals surface area (Å²) in [7, 11) is 0. The molecule has 0 aliphatic heterocycles. The van der Waals surface area contributed by atoms with Gasteiger partial charge in [0.05, 0.1) is 0 Å². The highest BCUT2D eigenvalue weighted by Crippen LogP contribution is 2.15. The monoisotopic (exact) mass is 337 g/mol. The molecule has 1 N–H and O–H groups in total. The van der Waals surface area contributed by atoms with Crippen LogP contribution >= 0.6 is 34.7 Å². The first-order valence-electron chi connectivity index (χ1n) is 6.55. The number of benzene rings is 1. The maximum atomic E-state index is 11.6. The summed E-state index contributed by atoms with van der Waals surface area (Å²) in [5, 5.41) is 5.63. The van der Waals surface area contributed by atoms with Crippen LogP contribution in [0.3, 0.4) is 0 Å². The lowest BCUT2D eigenvalue weighted by atomic mass is 10.2. The summed E-state index contributed by atoms with van der Waals surface area (Å²) in [6.45, 7) is 0.672. The topological polar surface area (TPSA) is 29.1 Å². The molecule has 0 bridgehead atoms. The van der Waals surface area contributed by atoms with Crippen LogP contribution in [-0.2, 0) is 10.5 Å². The van der Waals surface area contributed by atoms with Crippen molar-refractivity contribution in [2.24, 2.45) is 0 Å². The minimum Gasteiger partial charge on any atom is -0.352 e. The van der Waals surface area contributed by atoms with Crippen LogP contribution in [0, 0.1) is 0 Å². The second kappa shape index (κ2) is 8.93. The van der Waals surface area contributed by atoms with E-state index in [9.17, 15) is 4.79 Å². The summed E-state index contributed by atoms with van der Waals surface area (Å²) in [4.78, 5) is 12.7. The molecule has 0 atom stereocenters. The number of nitrogens with one attached hydrogen (secondary N) is 1. The fraction of sp³-hybridized carbons (Fsp3) is 0.188. The molecule has 0 saturated heterocycles. The van der Waals surface area contributed by atoms with Crippen molar-refractivity contribution in [1.82, 2.24) is 5.32 Å². The van der Waals surface area contributed by atoms with Gasteiger partial charge < -0.3 is 5.32 Å². The Morgan fingerprint density at radius 1 is 1.29 bits per heavy atom. The molecule has 5 heteroatoms. The number of thiophene rings is 1. The Bertz CT molecular complexity index is 579. The summed E-state index contributed by atoms with van der Waals surface area (Å²) in [5.41, 5.74) is 1.24. The van der Waals surface area contributed by atoms with Crippen LogP contribution in [0.25, 0.3) is 6.08 Å². The van der Waals surface area contributed by atoms with Crippen molar-refractivity contribution in [3.8, 4) is 0 Å². The summed E-state index contributed by atoms with van der Waals surface area (Å²) in [5.74, 6) is 1.77. The van der Waals surface area contributed by atoms with Gasteiger partial charge in [-0.25, -0.2) is 0 Å². The molecule has 1 heterocycles. The van der Waals surface area contributed by atoms with Gasteiger partial charge in [0, 0.05) is 34.0 Å². The molecule has 110 valence electrons. The van der Waals surface area contributed by atoms with Crippen molar-refractivity contribution in [2.45, 2.75) is 5.75 Å². The maximum absolute atomic E-state index is 11.6. The van der Waals surface area contributed by atoms with Crippen LogP contribution < -0.4 is 5.32 Å². The molecule has 0 aliphatic rings. The Balaban J connectivity index is 1.59. The van der Waals surface area contributed by atoms with Crippen molar-refractivity contribution in [3.05, 3.63) is 63.3 Å². The Labute approximate surface area is 138 Å². The molecule has 0 fully saturated rings. The van der Waals surface area contributed by atoms with Crippen molar-refractivity contribution in [1.29, 1.82) is 0 Å². The van der Waals surface area contributed by atoms with E-state index in [4.69, 9.17) is 11.6 Å². The van der Waals surface area contributed by atoms with E-state index in [0.29, 0.717) is 6.54 Å². The lowest BCUT2D eigenvalue weighted by Crippen LogP contribution is -2.23. The van der Waals surface area contributed by atoms with E-state index >= 15 is 0 Å². The molecule has 0 radical (unpaired) electrons. The van der Waals surface area contributed by atoms with Gasteiger partial charge in [0.2, 0.25) is 5.91 Å². The van der Waals surface area contributed by atoms with Crippen LogP contribution in [0.1, 0.15) is 10.4 Å². The minimum atomic E-state index is -0.0458. The smallest absolute Gasteiger partial charge is 0.244 e. The molecule has 21 heavy (non-hydrogen) atoms. The van der Waals surface area contributed by atoms with Gasteiger partial charge in [0.1, 0.15) is 0 Å². The summed E-state index contributed by atoms with van der Waals surface area (Å²) >= 11 is 9.24. The lowest BCUT2D eigenvalue weighted by molar-refractivity contribution is -0.116. The van der Waals surface area contributed by atoms with Crippen LogP contribution in [0.5, 0.6) is 0 Å². The van der Waals surface area contributed by atoms with Crippen LogP contribution in [0.4, 0.5) is 0 Å². The largest absolute Gasteiger partial charge is 0.352 e. The molecule has 0 spiro atoms. The van der Waals surface area contributed by atoms with E-state index in [1.807, 2.05) is 47.9 Å². The van der Waals surface area contributed by atoms with Crippen LogP contribution in [0.15, 0.2) is 47.9 Å². The molecular weight excluding hydrogens is 322 g/mol. The van der Waals surface area contributed by atoms with E-state index in [-0.39, 0.29) is 5.91 Å². The van der Waals surface area contributed by atoms with Gasteiger partial charge in [-0.1, -0.05) is 29.8 Å². The average molecular weight is 338 g/mol. The average Bonchev–Trinajstić information content (AvgIpc) is 3.00. The molecule has 2 nitrogen and oxygen atoms in total. The molecule has 1 aromatic carbocycles. The van der Waals surface area contributed by atoms with Crippen molar-refractivity contribution in [2.75, 3.05) is 12.3 Å². The van der Waals surface area contributed by atoms with E-state index in [0.717, 1.165) is 21.4 Å². The van der Waals surface area contributed by atoms with Gasteiger partial charge in [-0.15, -0.1) is 11.3 Å². The zero-order valence-electron chi connectivity index (χ0n) is 11.4. The Kier molecular flexibility index (Phi) is 6.86. The number of carbonyl (C=O) groups excluding carboxylic acids is 1. The van der Waals surface area contributed by atoms with E-state index in [1.54, 1.807) is 29.2 Å². The molecular formula is C16H16ClNOS2. The van der Waals surface area contributed by atoms with Crippen molar-refractivity contribution in [3.63, 3.8) is 0 Å². The number of halogens is 1. The van der Waals surface area contributed by atoms with E-state index in [2.05, 4.69) is 5.32 Å². The normalized spacial score (nSPS) is 10.9. The third kappa shape index (κ3) is 6.38. The number of hydrogen-bond acceptors (Lipinski definition) is 3. The van der Waals surface area contributed by atoms with Gasteiger partial charge >= 0.3 is 0 Å². The molecule has 0 unspecified atom stereocenters. The van der Waals surface area contributed by atoms with Gasteiger partial charge in [-0.3, -0.25) is 4.79 Å². The third-order valence-corrected chi connectivity index (χ3v) is 4.79. The molecule has 2 rings (SSSR count). The first kappa shape index (κ1) is 16.1. The number of rotatable bonds is 7. The summed E-state index contributed by atoms with van der Waals surface area (Å²) in [6.07, 6.45) is 3.41. The summed E-state index contributed by atoms with van der Waals surface area (Å²) in [6, 6.07) is 11.8. The van der Waals surface area contributed by atoms with Gasteiger partial charge in [0.15, 0.2) is 0 Å². The van der Waals surface area contributed by atoms with Gasteiger partial charge in [0.25, 0.3) is 0 Å². The number of hydrogen-bond donors (Lipinski definition) is 1. The zero-order valence-corrected chi connectivity index (χ0v) is 13.8. The predicted molar refractivity (Wildman–Crippen MR) is 94.0 cm³/mol. The van der Waals surface area contributed by atoms with Gasteiger partial charge in [-0.2, -0.15) is 11.8 Å². The SMILES string of the molecule is O=C(/C=C/c1cccs1)NCCSCc1ccc(Cl)cc1. The summed E-state index contributed by atoms with van der Waals surface area (Å²) < 4.78 is 0. The van der Waals surface area contributed by atoms with E-state index in [1.165, 1.54) is 5.56 Å². The highest BCUT2D eigenvalue weighted by atomic mass is 35.5. The van der Waals surface area contributed by atoms with Gasteiger partial charge in [-0.05, 0) is 35.2 Å². The number of amides is 1. The highest BCUT2D eigenvalue weighted by molar-refractivity contribution is 7.98. The highest BCUT2D eigenvalue weighted by Gasteiger charge is 1.97. The molecule has 1 amide bonds. The minimum absolute atomic E-state index is 0.0458. The number of carbonyl (C=O) groups is 1. The fourth-order valence-corrected chi connectivity index (χ4v) is 3.18. The Morgan fingerprint density at radius 2 is 2.10 bits per heavy atom. The second-order valence-corrected chi connectivity index (χ2v) is 6.84. The molecule has 0 saturated carbocycles. The fourth-order valence-electron chi connectivity index (χ4n) is 1.62. The zero-order chi connectivity index (χ0) is 14.9. The molecule has 2 aromatic rings. The van der Waals surface area contributed by atoms with Crippen LogP contribution in [0.2, 0.25) is 5.02 Å². The van der Waals surface area contributed by atoms with Crippen molar-refractivity contribution < 1.29 is 4.79 Å². The first-order valence-corrected chi connectivity index (χ1v) is 8.97. The standard InChI is InChI=1S/C16H16ClNOS2/c17-14-5-3-13(4-6-14)12-20-11-9-18-16(19)8-7-15-2-1-10-21-15/h1-8,10H,9,11-12H2,(H,18,19)/b8-7+. The Morgan fingerprint density at radius 3 is 2.81 bits per heavy atom. The third-order valence-electron chi connectivity index (χ3n) is 2.67. The van der Waals surface area contributed by atoms with Crippen molar-refractivity contribution >= 4 is 46.7 Å². The number of thioether (sulfide) groups is 1. The quantitative estimate of drug-likeness (QED) is 0.596. The molecule has 0 aliphatic carbocycles. The lowest BCUT2D eigenvalue weighted by Gasteiger charge is -2.03. The Hall–Kier alpha value is -1.23.